The van der Waals surface area contributed by atoms with Crippen LogP contribution in [0.1, 0.15) is 5.56 Å². The number of nitrogens with two attached hydrogens (primary N) is 1. The SMILES string of the molecule is NCCc1ccc2c(=O)[nH][nH]c2c1. The zero-order valence-corrected chi connectivity index (χ0v) is 7.13. The summed E-state index contributed by atoms with van der Waals surface area (Å²) >= 11 is 0. The van der Waals surface area contributed by atoms with Crippen molar-refractivity contribution in [3.05, 3.63) is 34.1 Å². The van der Waals surface area contributed by atoms with Crippen LogP contribution in [0.15, 0.2) is 23.0 Å². The van der Waals surface area contributed by atoms with E-state index in [0.717, 1.165) is 17.5 Å². The lowest BCUT2D eigenvalue weighted by Gasteiger charge is -1.96. The van der Waals surface area contributed by atoms with E-state index in [9.17, 15) is 4.79 Å². The van der Waals surface area contributed by atoms with Crippen LogP contribution in [0.2, 0.25) is 0 Å². The molecule has 0 atom stereocenters. The van der Waals surface area contributed by atoms with Crippen molar-refractivity contribution in [2.45, 2.75) is 6.42 Å². The Labute approximate surface area is 74.7 Å². The van der Waals surface area contributed by atoms with Gasteiger partial charge in [0.2, 0.25) is 0 Å². The molecule has 0 aliphatic carbocycles. The van der Waals surface area contributed by atoms with E-state index in [1.807, 2.05) is 18.2 Å². The Morgan fingerprint density at radius 1 is 1.31 bits per heavy atom. The molecule has 68 valence electrons. The first-order valence-electron chi connectivity index (χ1n) is 4.20. The largest absolute Gasteiger partial charge is 0.330 e. The van der Waals surface area contributed by atoms with Crippen LogP contribution in [0.3, 0.4) is 0 Å². The minimum Gasteiger partial charge on any atom is -0.330 e. The van der Waals surface area contributed by atoms with Gasteiger partial charge in [-0.2, -0.15) is 0 Å². The van der Waals surface area contributed by atoms with Crippen molar-refractivity contribution in [1.29, 1.82) is 0 Å². The van der Waals surface area contributed by atoms with Gasteiger partial charge in [-0.15, -0.1) is 0 Å². The number of rotatable bonds is 2. The van der Waals surface area contributed by atoms with Crippen molar-refractivity contribution in [3.63, 3.8) is 0 Å². The lowest BCUT2D eigenvalue weighted by atomic mass is 10.1. The Bertz CT molecular complexity index is 469. The van der Waals surface area contributed by atoms with Crippen LogP contribution in [0, 0.1) is 0 Å². The van der Waals surface area contributed by atoms with Gasteiger partial charge < -0.3 is 5.73 Å². The predicted octanol–water partition coefficient (Wildman–Crippen LogP) is 0.357. The zero-order chi connectivity index (χ0) is 9.26. The van der Waals surface area contributed by atoms with Crippen molar-refractivity contribution < 1.29 is 0 Å². The lowest BCUT2D eigenvalue weighted by molar-refractivity contribution is 0.970. The normalized spacial score (nSPS) is 10.8. The van der Waals surface area contributed by atoms with E-state index < -0.39 is 0 Å². The average Bonchev–Trinajstić information content (AvgIpc) is 2.48. The first kappa shape index (κ1) is 8.07. The van der Waals surface area contributed by atoms with Crippen molar-refractivity contribution in [2.75, 3.05) is 6.54 Å². The highest BCUT2D eigenvalue weighted by atomic mass is 16.1. The molecule has 4 nitrogen and oxygen atoms in total. The maximum absolute atomic E-state index is 11.1. The van der Waals surface area contributed by atoms with Gasteiger partial charge >= 0.3 is 0 Å². The maximum atomic E-state index is 11.1. The first-order valence-corrected chi connectivity index (χ1v) is 4.20. The Kier molecular flexibility index (Phi) is 1.90. The smallest absolute Gasteiger partial charge is 0.271 e. The first-order chi connectivity index (χ1) is 6.31. The fourth-order valence-electron chi connectivity index (χ4n) is 1.41. The van der Waals surface area contributed by atoms with Crippen LogP contribution < -0.4 is 11.3 Å². The molecule has 0 unspecified atom stereocenters. The molecule has 0 radical (unpaired) electrons. The van der Waals surface area contributed by atoms with E-state index in [-0.39, 0.29) is 5.56 Å². The lowest BCUT2D eigenvalue weighted by Crippen LogP contribution is -2.02. The Morgan fingerprint density at radius 2 is 2.15 bits per heavy atom. The number of nitrogens with one attached hydrogen (secondary N) is 2. The number of aromatic amines is 2. The summed E-state index contributed by atoms with van der Waals surface area (Å²) in [6, 6.07) is 5.69. The molecule has 1 aromatic heterocycles. The van der Waals surface area contributed by atoms with Gasteiger partial charge in [0.25, 0.3) is 5.56 Å². The standard InChI is InChI=1S/C9H11N3O/c10-4-3-6-1-2-7-8(5-6)11-12-9(7)13/h1-2,5H,3-4,10H2,(H2,11,12,13). The number of hydrogen-bond donors (Lipinski definition) is 3. The minimum absolute atomic E-state index is 0.0747. The summed E-state index contributed by atoms with van der Waals surface area (Å²) < 4.78 is 0. The van der Waals surface area contributed by atoms with Crippen molar-refractivity contribution in [1.82, 2.24) is 10.2 Å². The van der Waals surface area contributed by atoms with Crippen LogP contribution in [0.5, 0.6) is 0 Å². The molecule has 1 heterocycles. The van der Waals surface area contributed by atoms with Gasteiger partial charge in [0.1, 0.15) is 0 Å². The average molecular weight is 177 g/mol. The third kappa shape index (κ3) is 1.36. The van der Waals surface area contributed by atoms with Crippen molar-refractivity contribution >= 4 is 10.9 Å². The molecule has 0 saturated heterocycles. The van der Waals surface area contributed by atoms with Gasteiger partial charge in [-0.1, -0.05) is 6.07 Å². The zero-order valence-electron chi connectivity index (χ0n) is 7.13. The highest BCUT2D eigenvalue weighted by Crippen LogP contribution is 2.09. The van der Waals surface area contributed by atoms with Crippen molar-refractivity contribution in [3.8, 4) is 0 Å². The summed E-state index contributed by atoms with van der Waals surface area (Å²) in [6.45, 7) is 0.625. The van der Waals surface area contributed by atoms with Crippen LogP contribution in [-0.4, -0.2) is 16.7 Å². The molecule has 0 aliphatic heterocycles. The Hall–Kier alpha value is -1.55. The second-order valence-electron chi connectivity index (χ2n) is 3.00. The predicted molar refractivity (Wildman–Crippen MR) is 51.7 cm³/mol. The second kappa shape index (κ2) is 3.06. The van der Waals surface area contributed by atoms with E-state index in [2.05, 4.69) is 10.2 Å². The number of benzene rings is 1. The molecule has 4 heteroatoms. The van der Waals surface area contributed by atoms with Gasteiger partial charge in [0.15, 0.2) is 0 Å². The highest BCUT2D eigenvalue weighted by Gasteiger charge is 2.00. The molecule has 0 fully saturated rings. The fraction of sp³-hybridized carbons (Fsp3) is 0.222. The molecule has 0 spiro atoms. The van der Waals surface area contributed by atoms with E-state index in [1.165, 1.54) is 0 Å². The molecule has 0 bridgehead atoms. The Morgan fingerprint density at radius 3 is 2.92 bits per heavy atom. The summed E-state index contributed by atoms with van der Waals surface area (Å²) in [5.41, 5.74) is 7.34. The third-order valence-corrected chi connectivity index (χ3v) is 2.07. The molecular weight excluding hydrogens is 166 g/mol. The van der Waals surface area contributed by atoms with E-state index in [4.69, 9.17) is 5.73 Å². The molecule has 0 saturated carbocycles. The molecule has 4 N–H and O–H groups in total. The topological polar surface area (TPSA) is 74.7 Å². The van der Waals surface area contributed by atoms with Crippen LogP contribution in [-0.2, 0) is 6.42 Å². The molecule has 13 heavy (non-hydrogen) atoms. The summed E-state index contributed by atoms with van der Waals surface area (Å²) in [5.74, 6) is 0. The number of fused-ring (bicyclic) bond motifs is 1. The number of hydrogen-bond acceptors (Lipinski definition) is 2. The molecular formula is C9H11N3O. The molecule has 2 rings (SSSR count). The molecule has 0 amide bonds. The quantitative estimate of drug-likeness (QED) is 0.619. The maximum Gasteiger partial charge on any atom is 0.271 e. The molecule has 2 aromatic rings. The molecule has 1 aromatic carbocycles. The summed E-state index contributed by atoms with van der Waals surface area (Å²) in [6.07, 6.45) is 0.836. The van der Waals surface area contributed by atoms with E-state index in [0.29, 0.717) is 11.9 Å². The van der Waals surface area contributed by atoms with Gasteiger partial charge in [-0.3, -0.25) is 15.0 Å². The van der Waals surface area contributed by atoms with Gasteiger partial charge in [-0.05, 0) is 30.7 Å². The van der Waals surface area contributed by atoms with Gasteiger partial charge in [-0.25, -0.2) is 0 Å². The second-order valence-corrected chi connectivity index (χ2v) is 3.00. The third-order valence-electron chi connectivity index (χ3n) is 2.07. The van der Waals surface area contributed by atoms with E-state index >= 15 is 0 Å². The van der Waals surface area contributed by atoms with Crippen LogP contribution >= 0.6 is 0 Å². The highest BCUT2D eigenvalue weighted by molar-refractivity contribution is 5.78. The number of H-pyrrole nitrogens is 2. The Balaban J connectivity index is 2.57. The summed E-state index contributed by atoms with van der Waals surface area (Å²) in [5, 5.41) is 6.04. The van der Waals surface area contributed by atoms with Crippen LogP contribution in [0.25, 0.3) is 10.9 Å². The van der Waals surface area contributed by atoms with E-state index in [1.54, 1.807) is 0 Å². The summed E-state index contributed by atoms with van der Waals surface area (Å²) in [7, 11) is 0. The van der Waals surface area contributed by atoms with Gasteiger partial charge in [0, 0.05) is 0 Å². The molecule has 0 aliphatic rings. The summed E-state index contributed by atoms with van der Waals surface area (Å²) in [4.78, 5) is 11.1. The minimum atomic E-state index is -0.0747. The fourth-order valence-corrected chi connectivity index (χ4v) is 1.41. The van der Waals surface area contributed by atoms with Gasteiger partial charge in [0.05, 0.1) is 10.9 Å². The number of aromatic nitrogens is 2. The van der Waals surface area contributed by atoms with Crippen molar-refractivity contribution in [2.24, 2.45) is 5.73 Å². The van der Waals surface area contributed by atoms with Crippen LogP contribution in [0.4, 0.5) is 0 Å². The monoisotopic (exact) mass is 177 g/mol.